The molecule has 4 nitrogen and oxygen atoms in total. The first kappa shape index (κ1) is 12.4. The van der Waals surface area contributed by atoms with E-state index in [1.54, 1.807) is 7.05 Å². The summed E-state index contributed by atoms with van der Waals surface area (Å²) in [6.45, 7) is 0.573. The lowest BCUT2D eigenvalue weighted by atomic mass is 10.2. The number of rotatable bonds is 5. The lowest BCUT2D eigenvalue weighted by Gasteiger charge is -2.09. The number of hydrogen-bond acceptors (Lipinski definition) is 3. The van der Waals surface area contributed by atoms with Crippen molar-refractivity contribution in [1.82, 2.24) is 5.32 Å². The van der Waals surface area contributed by atoms with Crippen molar-refractivity contribution in [3.63, 3.8) is 0 Å². The van der Waals surface area contributed by atoms with Crippen molar-refractivity contribution >= 4 is 11.6 Å². The third-order valence-corrected chi connectivity index (χ3v) is 2.04. The SMILES string of the molecule is CNCCC(=O)Nc1cc(F)ccc1OC. The van der Waals surface area contributed by atoms with Gasteiger partial charge in [0.2, 0.25) is 5.91 Å². The quantitative estimate of drug-likeness (QED) is 0.797. The van der Waals surface area contributed by atoms with E-state index in [1.165, 1.54) is 25.3 Å². The van der Waals surface area contributed by atoms with E-state index in [9.17, 15) is 9.18 Å². The molecule has 0 saturated carbocycles. The molecule has 5 heteroatoms. The van der Waals surface area contributed by atoms with E-state index in [-0.39, 0.29) is 5.91 Å². The van der Waals surface area contributed by atoms with E-state index in [0.717, 1.165) is 0 Å². The predicted molar refractivity (Wildman–Crippen MR) is 60.1 cm³/mol. The Kier molecular flexibility index (Phi) is 4.72. The highest BCUT2D eigenvalue weighted by atomic mass is 19.1. The van der Waals surface area contributed by atoms with E-state index in [4.69, 9.17) is 4.74 Å². The van der Waals surface area contributed by atoms with Crippen LogP contribution in [0, 0.1) is 5.82 Å². The molecular formula is C11H15FN2O2. The van der Waals surface area contributed by atoms with Gasteiger partial charge in [0.25, 0.3) is 0 Å². The molecule has 16 heavy (non-hydrogen) atoms. The molecule has 0 unspecified atom stereocenters. The third-order valence-electron chi connectivity index (χ3n) is 2.04. The molecule has 1 rings (SSSR count). The highest BCUT2D eigenvalue weighted by molar-refractivity contribution is 5.92. The van der Waals surface area contributed by atoms with Gasteiger partial charge in [-0.05, 0) is 19.2 Å². The van der Waals surface area contributed by atoms with Crippen molar-refractivity contribution in [2.75, 3.05) is 26.0 Å². The average Bonchev–Trinajstić information content (AvgIpc) is 2.27. The van der Waals surface area contributed by atoms with Gasteiger partial charge in [-0.15, -0.1) is 0 Å². The Bertz CT molecular complexity index is 369. The summed E-state index contributed by atoms with van der Waals surface area (Å²) in [5, 5.41) is 5.45. The maximum atomic E-state index is 13.0. The van der Waals surface area contributed by atoms with Crippen LogP contribution in [0.2, 0.25) is 0 Å². The number of methoxy groups -OCH3 is 1. The number of benzene rings is 1. The Hall–Kier alpha value is -1.62. The van der Waals surface area contributed by atoms with Crippen molar-refractivity contribution in [1.29, 1.82) is 0 Å². The molecule has 0 aliphatic carbocycles. The van der Waals surface area contributed by atoms with Crippen LogP contribution in [-0.4, -0.2) is 26.6 Å². The van der Waals surface area contributed by atoms with Crippen LogP contribution < -0.4 is 15.4 Å². The van der Waals surface area contributed by atoms with Gasteiger partial charge < -0.3 is 15.4 Å². The molecule has 0 radical (unpaired) electrons. The fraction of sp³-hybridized carbons (Fsp3) is 0.364. The van der Waals surface area contributed by atoms with Crippen LogP contribution in [0.25, 0.3) is 0 Å². The fourth-order valence-electron chi connectivity index (χ4n) is 1.23. The lowest BCUT2D eigenvalue weighted by molar-refractivity contribution is -0.116. The Morgan fingerprint density at radius 2 is 2.25 bits per heavy atom. The molecule has 0 heterocycles. The van der Waals surface area contributed by atoms with Crippen LogP contribution in [0.4, 0.5) is 10.1 Å². The van der Waals surface area contributed by atoms with Gasteiger partial charge in [0, 0.05) is 19.0 Å². The van der Waals surface area contributed by atoms with Gasteiger partial charge in [-0.25, -0.2) is 4.39 Å². The zero-order valence-electron chi connectivity index (χ0n) is 9.34. The van der Waals surface area contributed by atoms with Crippen LogP contribution in [0.1, 0.15) is 6.42 Å². The summed E-state index contributed by atoms with van der Waals surface area (Å²) < 4.78 is 18.0. The van der Waals surface area contributed by atoms with Crippen LogP contribution in [0.5, 0.6) is 5.75 Å². The number of amides is 1. The monoisotopic (exact) mass is 226 g/mol. The highest BCUT2D eigenvalue weighted by Crippen LogP contribution is 2.24. The molecule has 2 N–H and O–H groups in total. The van der Waals surface area contributed by atoms with E-state index in [2.05, 4.69) is 10.6 Å². The first-order valence-corrected chi connectivity index (χ1v) is 4.95. The molecule has 0 aromatic heterocycles. The molecule has 1 amide bonds. The van der Waals surface area contributed by atoms with Crippen LogP contribution in [0.15, 0.2) is 18.2 Å². The standard InChI is InChI=1S/C11H15FN2O2/c1-13-6-5-11(15)14-9-7-8(12)3-4-10(9)16-2/h3-4,7,13H,5-6H2,1-2H3,(H,14,15). The Morgan fingerprint density at radius 3 is 2.88 bits per heavy atom. The third kappa shape index (κ3) is 3.51. The van der Waals surface area contributed by atoms with Crippen LogP contribution in [0.3, 0.4) is 0 Å². The predicted octanol–water partition coefficient (Wildman–Crippen LogP) is 1.38. The summed E-state index contributed by atoms with van der Waals surface area (Å²) in [6, 6.07) is 3.99. The highest BCUT2D eigenvalue weighted by Gasteiger charge is 2.08. The molecule has 0 bridgehead atoms. The maximum Gasteiger partial charge on any atom is 0.225 e. The molecule has 1 aromatic rings. The zero-order chi connectivity index (χ0) is 12.0. The lowest BCUT2D eigenvalue weighted by Crippen LogP contribution is -2.19. The number of anilines is 1. The van der Waals surface area contributed by atoms with Gasteiger partial charge in [-0.2, -0.15) is 0 Å². The van der Waals surface area contributed by atoms with Gasteiger partial charge in [0.05, 0.1) is 12.8 Å². The second-order valence-corrected chi connectivity index (χ2v) is 3.25. The van der Waals surface area contributed by atoms with Gasteiger partial charge in [0.1, 0.15) is 11.6 Å². The van der Waals surface area contributed by atoms with E-state index >= 15 is 0 Å². The molecule has 1 aromatic carbocycles. The van der Waals surface area contributed by atoms with Crippen molar-refractivity contribution in [3.8, 4) is 5.75 Å². The van der Waals surface area contributed by atoms with E-state index < -0.39 is 5.82 Å². The van der Waals surface area contributed by atoms with Gasteiger partial charge in [-0.3, -0.25) is 4.79 Å². The van der Waals surface area contributed by atoms with Crippen molar-refractivity contribution in [2.24, 2.45) is 0 Å². The molecule has 0 fully saturated rings. The molecule has 0 aliphatic rings. The van der Waals surface area contributed by atoms with Crippen LogP contribution >= 0.6 is 0 Å². The van der Waals surface area contributed by atoms with Crippen LogP contribution in [-0.2, 0) is 4.79 Å². The maximum absolute atomic E-state index is 13.0. The minimum Gasteiger partial charge on any atom is -0.495 e. The minimum absolute atomic E-state index is 0.182. The topological polar surface area (TPSA) is 50.4 Å². The summed E-state index contributed by atoms with van der Waals surface area (Å²) in [4.78, 5) is 11.4. The summed E-state index contributed by atoms with van der Waals surface area (Å²) in [6.07, 6.45) is 0.330. The normalized spacial score (nSPS) is 9.94. The first-order chi connectivity index (χ1) is 7.67. The number of halogens is 1. The molecule has 0 aliphatic heterocycles. The molecule has 0 atom stereocenters. The summed E-state index contributed by atoms with van der Waals surface area (Å²) in [5.41, 5.74) is 0.351. The molecule has 88 valence electrons. The smallest absolute Gasteiger partial charge is 0.225 e. The minimum atomic E-state index is -0.412. The van der Waals surface area contributed by atoms with Crippen molar-refractivity contribution in [3.05, 3.63) is 24.0 Å². The second-order valence-electron chi connectivity index (χ2n) is 3.25. The van der Waals surface area contributed by atoms with E-state index in [0.29, 0.717) is 24.4 Å². The first-order valence-electron chi connectivity index (χ1n) is 4.95. The summed E-state index contributed by atoms with van der Waals surface area (Å²) in [7, 11) is 3.23. The number of carbonyl (C=O) groups excluding carboxylic acids is 1. The van der Waals surface area contributed by atoms with Gasteiger partial charge in [-0.1, -0.05) is 0 Å². The zero-order valence-corrected chi connectivity index (χ0v) is 9.34. The van der Waals surface area contributed by atoms with Gasteiger partial charge >= 0.3 is 0 Å². The molecule has 0 spiro atoms. The Morgan fingerprint density at radius 1 is 1.50 bits per heavy atom. The average molecular weight is 226 g/mol. The number of hydrogen-bond donors (Lipinski definition) is 2. The fourth-order valence-corrected chi connectivity index (χ4v) is 1.23. The Labute approximate surface area is 93.8 Å². The van der Waals surface area contributed by atoms with Gasteiger partial charge in [0.15, 0.2) is 0 Å². The van der Waals surface area contributed by atoms with Crippen molar-refractivity contribution in [2.45, 2.75) is 6.42 Å². The second kappa shape index (κ2) is 6.07. The number of ether oxygens (including phenoxy) is 1. The largest absolute Gasteiger partial charge is 0.495 e. The van der Waals surface area contributed by atoms with Crippen molar-refractivity contribution < 1.29 is 13.9 Å². The molecular weight excluding hydrogens is 211 g/mol. The Balaban J connectivity index is 2.71. The molecule has 0 saturated heterocycles. The summed E-state index contributed by atoms with van der Waals surface area (Å²) >= 11 is 0. The number of carbonyl (C=O) groups is 1. The van der Waals surface area contributed by atoms with E-state index in [1.807, 2.05) is 0 Å². The summed E-state index contributed by atoms with van der Waals surface area (Å²) in [5.74, 6) is -0.151. The number of nitrogens with one attached hydrogen (secondary N) is 2.